The average Bonchev–Trinajstić information content (AvgIpc) is 2.35. The van der Waals surface area contributed by atoms with E-state index < -0.39 is 0 Å². The molecule has 1 aromatic heterocycles. The van der Waals surface area contributed by atoms with Gasteiger partial charge >= 0.3 is 0 Å². The zero-order chi connectivity index (χ0) is 8.97. The minimum atomic E-state index is 0. The van der Waals surface area contributed by atoms with Crippen LogP contribution in [-0.4, -0.2) is 6.54 Å². The van der Waals surface area contributed by atoms with Crippen LogP contribution in [-0.2, 0) is 6.54 Å². The van der Waals surface area contributed by atoms with Gasteiger partial charge in [-0.1, -0.05) is 13.8 Å². The second kappa shape index (κ2) is 6.06. The fraction of sp³-hybridized carbons (Fsp3) is 0.600. The van der Waals surface area contributed by atoms with Crippen molar-refractivity contribution >= 4 is 12.4 Å². The predicted octanol–water partition coefficient (Wildman–Crippen LogP) is 2.76. The number of rotatable bonds is 4. The van der Waals surface area contributed by atoms with Crippen molar-refractivity contribution in [2.75, 3.05) is 6.54 Å². The summed E-state index contributed by atoms with van der Waals surface area (Å²) >= 11 is 0. The number of furan rings is 1. The number of halogens is 1. The van der Waals surface area contributed by atoms with Gasteiger partial charge in [0, 0.05) is 0 Å². The SMILES string of the molecule is Cc1ccc(CNCC(C)C)o1.Cl. The van der Waals surface area contributed by atoms with E-state index in [-0.39, 0.29) is 12.4 Å². The van der Waals surface area contributed by atoms with Crippen molar-refractivity contribution in [3.63, 3.8) is 0 Å². The second-order valence-corrected chi connectivity index (χ2v) is 3.54. The first-order valence-electron chi connectivity index (χ1n) is 4.44. The summed E-state index contributed by atoms with van der Waals surface area (Å²) in [6.07, 6.45) is 0. The summed E-state index contributed by atoms with van der Waals surface area (Å²) in [5.74, 6) is 2.70. The molecule has 0 radical (unpaired) electrons. The maximum atomic E-state index is 5.40. The maximum Gasteiger partial charge on any atom is 0.117 e. The summed E-state index contributed by atoms with van der Waals surface area (Å²) in [6, 6.07) is 4.01. The Labute approximate surface area is 86.1 Å². The first-order chi connectivity index (χ1) is 5.68. The molecule has 1 heterocycles. The van der Waals surface area contributed by atoms with Crippen molar-refractivity contribution in [3.05, 3.63) is 23.7 Å². The molecule has 0 atom stereocenters. The Hall–Kier alpha value is -0.470. The topological polar surface area (TPSA) is 25.2 Å². The van der Waals surface area contributed by atoms with Crippen molar-refractivity contribution in [1.82, 2.24) is 5.32 Å². The fourth-order valence-corrected chi connectivity index (χ4v) is 1.06. The van der Waals surface area contributed by atoms with Crippen LogP contribution < -0.4 is 5.32 Å². The van der Waals surface area contributed by atoms with Gasteiger partial charge in [-0.3, -0.25) is 0 Å². The van der Waals surface area contributed by atoms with Crippen molar-refractivity contribution < 1.29 is 4.42 Å². The quantitative estimate of drug-likeness (QED) is 0.814. The summed E-state index contributed by atoms with van der Waals surface area (Å²) in [7, 11) is 0. The molecular weight excluding hydrogens is 186 g/mol. The van der Waals surface area contributed by atoms with E-state index in [1.54, 1.807) is 0 Å². The fourth-order valence-electron chi connectivity index (χ4n) is 1.06. The molecule has 0 spiro atoms. The molecule has 2 nitrogen and oxygen atoms in total. The lowest BCUT2D eigenvalue weighted by Gasteiger charge is -2.04. The molecule has 76 valence electrons. The molecule has 3 heteroatoms. The highest BCUT2D eigenvalue weighted by Gasteiger charge is 1.98. The third kappa shape index (κ3) is 4.96. The van der Waals surface area contributed by atoms with Crippen LogP contribution in [0.15, 0.2) is 16.5 Å². The van der Waals surface area contributed by atoms with Gasteiger partial charge in [0.05, 0.1) is 6.54 Å². The van der Waals surface area contributed by atoms with Crippen LogP contribution in [0.5, 0.6) is 0 Å². The summed E-state index contributed by atoms with van der Waals surface area (Å²) in [4.78, 5) is 0. The van der Waals surface area contributed by atoms with Crippen LogP contribution in [0.2, 0.25) is 0 Å². The van der Waals surface area contributed by atoms with Gasteiger partial charge in [0.2, 0.25) is 0 Å². The van der Waals surface area contributed by atoms with Gasteiger partial charge < -0.3 is 9.73 Å². The number of nitrogens with one attached hydrogen (secondary N) is 1. The van der Waals surface area contributed by atoms with E-state index in [2.05, 4.69) is 19.2 Å². The Balaban J connectivity index is 0.00000144. The highest BCUT2D eigenvalue weighted by atomic mass is 35.5. The largest absolute Gasteiger partial charge is 0.465 e. The molecule has 0 aliphatic heterocycles. The molecular formula is C10H18ClNO. The molecule has 0 saturated heterocycles. The van der Waals surface area contributed by atoms with Gasteiger partial charge in [-0.2, -0.15) is 0 Å². The molecule has 1 rings (SSSR count). The van der Waals surface area contributed by atoms with E-state index in [1.807, 2.05) is 19.1 Å². The van der Waals surface area contributed by atoms with Gasteiger partial charge in [-0.05, 0) is 31.5 Å². The highest BCUT2D eigenvalue weighted by Crippen LogP contribution is 2.05. The zero-order valence-electron chi connectivity index (χ0n) is 8.46. The molecule has 1 aromatic rings. The van der Waals surface area contributed by atoms with Crippen molar-refractivity contribution in [2.45, 2.75) is 27.3 Å². The minimum Gasteiger partial charge on any atom is -0.465 e. The van der Waals surface area contributed by atoms with E-state index >= 15 is 0 Å². The molecule has 0 fully saturated rings. The van der Waals surface area contributed by atoms with E-state index in [0.717, 1.165) is 24.6 Å². The molecule has 1 N–H and O–H groups in total. The van der Waals surface area contributed by atoms with Crippen LogP contribution in [0.3, 0.4) is 0 Å². The number of aryl methyl sites for hydroxylation is 1. The molecule has 0 aliphatic carbocycles. The van der Waals surface area contributed by atoms with E-state index in [0.29, 0.717) is 5.92 Å². The van der Waals surface area contributed by atoms with Gasteiger partial charge in [-0.25, -0.2) is 0 Å². The van der Waals surface area contributed by atoms with Crippen LogP contribution in [0.25, 0.3) is 0 Å². The molecule has 0 unspecified atom stereocenters. The van der Waals surface area contributed by atoms with Gasteiger partial charge in [0.25, 0.3) is 0 Å². The summed E-state index contributed by atoms with van der Waals surface area (Å²) in [5, 5.41) is 3.32. The minimum absolute atomic E-state index is 0. The molecule has 0 aromatic carbocycles. The third-order valence-electron chi connectivity index (χ3n) is 1.65. The molecule has 0 bridgehead atoms. The Kier molecular flexibility index (Phi) is 5.84. The number of hydrogen-bond donors (Lipinski definition) is 1. The predicted molar refractivity (Wildman–Crippen MR) is 57.2 cm³/mol. The van der Waals surface area contributed by atoms with Crippen LogP contribution in [0.4, 0.5) is 0 Å². The molecule has 0 saturated carbocycles. The molecule has 0 aliphatic rings. The molecule has 13 heavy (non-hydrogen) atoms. The van der Waals surface area contributed by atoms with Gasteiger partial charge in [-0.15, -0.1) is 12.4 Å². The first kappa shape index (κ1) is 12.5. The number of hydrogen-bond acceptors (Lipinski definition) is 2. The normalized spacial score (nSPS) is 10.2. The maximum absolute atomic E-state index is 5.40. The van der Waals surface area contributed by atoms with Crippen LogP contribution in [0, 0.1) is 12.8 Å². The third-order valence-corrected chi connectivity index (χ3v) is 1.65. The van der Waals surface area contributed by atoms with Crippen LogP contribution >= 0.6 is 12.4 Å². The Bertz CT molecular complexity index is 233. The highest BCUT2D eigenvalue weighted by molar-refractivity contribution is 5.85. The van der Waals surface area contributed by atoms with E-state index in [1.165, 1.54) is 0 Å². The van der Waals surface area contributed by atoms with Crippen LogP contribution in [0.1, 0.15) is 25.4 Å². The lowest BCUT2D eigenvalue weighted by Crippen LogP contribution is -2.18. The monoisotopic (exact) mass is 203 g/mol. The smallest absolute Gasteiger partial charge is 0.117 e. The van der Waals surface area contributed by atoms with Crippen molar-refractivity contribution in [1.29, 1.82) is 0 Å². The van der Waals surface area contributed by atoms with E-state index in [4.69, 9.17) is 4.42 Å². The van der Waals surface area contributed by atoms with Gasteiger partial charge in [0.15, 0.2) is 0 Å². The lowest BCUT2D eigenvalue weighted by molar-refractivity contribution is 0.448. The standard InChI is InChI=1S/C10H17NO.ClH/c1-8(2)6-11-7-10-5-4-9(3)12-10;/h4-5,8,11H,6-7H2,1-3H3;1H. The van der Waals surface area contributed by atoms with Gasteiger partial charge in [0.1, 0.15) is 11.5 Å². The van der Waals surface area contributed by atoms with E-state index in [9.17, 15) is 0 Å². The van der Waals surface area contributed by atoms with Crippen molar-refractivity contribution in [2.24, 2.45) is 5.92 Å². The first-order valence-corrected chi connectivity index (χ1v) is 4.44. The lowest BCUT2D eigenvalue weighted by atomic mass is 10.2. The summed E-state index contributed by atoms with van der Waals surface area (Å²) in [5.41, 5.74) is 0. The summed E-state index contributed by atoms with van der Waals surface area (Å²) < 4.78 is 5.40. The Morgan fingerprint density at radius 2 is 2.08 bits per heavy atom. The summed E-state index contributed by atoms with van der Waals surface area (Å²) in [6.45, 7) is 8.23. The second-order valence-electron chi connectivity index (χ2n) is 3.54. The average molecular weight is 204 g/mol. The molecule has 0 amide bonds. The Morgan fingerprint density at radius 3 is 2.54 bits per heavy atom. The zero-order valence-corrected chi connectivity index (χ0v) is 9.28. The Morgan fingerprint density at radius 1 is 1.38 bits per heavy atom. The van der Waals surface area contributed by atoms with Crippen molar-refractivity contribution in [3.8, 4) is 0 Å².